The van der Waals surface area contributed by atoms with Crippen molar-refractivity contribution in [2.24, 2.45) is 0 Å². The molecule has 0 amide bonds. The third kappa shape index (κ3) is 8.52. The van der Waals surface area contributed by atoms with Crippen LogP contribution in [-0.4, -0.2) is 5.11 Å². The smallest absolute Gasteiger partial charge is 0.162 e. The van der Waals surface area contributed by atoms with E-state index < -0.39 is 0 Å². The number of benzene rings is 11. The van der Waals surface area contributed by atoms with Gasteiger partial charge in [-0.15, -0.1) is 0 Å². The Bertz CT molecular complexity index is 4490. The molecular formula is C77H64N2O3. The van der Waals surface area contributed by atoms with Crippen LogP contribution in [0.4, 0.5) is 34.1 Å². The van der Waals surface area contributed by atoms with Gasteiger partial charge in [-0.05, 0) is 131 Å². The molecule has 0 unspecified atom stereocenters. The summed E-state index contributed by atoms with van der Waals surface area (Å²) in [6.45, 7) is 2.21. The zero-order chi connectivity index (χ0) is 54.7. The van der Waals surface area contributed by atoms with Gasteiger partial charge in [-0.2, -0.15) is 0 Å². The van der Waals surface area contributed by atoms with Gasteiger partial charge in [0, 0.05) is 49.6 Å². The third-order valence-corrected chi connectivity index (χ3v) is 18.2. The van der Waals surface area contributed by atoms with E-state index >= 15 is 0 Å². The molecule has 1 N–H and O–H groups in total. The van der Waals surface area contributed by atoms with Crippen LogP contribution in [0.1, 0.15) is 92.7 Å². The average molecular weight is 1070 g/mol. The Labute approximate surface area is 479 Å². The van der Waals surface area contributed by atoms with Gasteiger partial charge in [0.05, 0.1) is 22.4 Å². The third-order valence-electron chi connectivity index (χ3n) is 18.2. The predicted octanol–water partition coefficient (Wildman–Crippen LogP) is 22.7. The van der Waals surface area contributed by atoms with Gasteiger partial charge in [-0.3, -0.25) is 0 Å². The molecule has 0 saturated heterocycles. The summed E-state index contributed by atoms with van der Waals surface area (Å²) < 4.78 is 14.9. The van der Waals surface area contributed by atoms with Crippen LogP contribution < -0.4 is 9.80 Å². The number of fused-ring (bicyclic) bond motifs is 7. The highest BCUT2D eigenvalue weighted by atomic mass is 16.3. The maximum atomic E-state index is 12.4. The number of nitrogens with zero attached hydrogens (tertiary/aromatic N) is 2. The van der Waals surface area contributed by atoms with Crippen LogP contribution in [0.5, 0.6) is 5.75 Å². The zero-order valence-corrected chi connectivity index (χ0v) is 46.3. The molecule has 400 valence electrons. The second-order valence-electron chi connectivity index (χ2n) is 22.9. The van der Waals surface area contributed by atoms with E-state index in [9.17, 15) is 5.11 Å². The van der Waals surface area contributed by atoms with Crippen LogP contribution in [0.2, 0.25) is 0 Å². The molecule has 0 atom stereocenters. The van der Waals surface area contributed by atoms with Crippen molar-refractivity contribution in [2.75, 3.05) is 9.80 Å². The van der Waals surface area contributed by atoms with Crippen LogP contribution >= 0.6 is 0 Å². The van der Waals surface area contributed by atoms with Crippen LogP contribution in [0, 0.1) is 6.92 Å². The minimum absolute atomic E-state index is 0.349. The highest BCUT2D eigenvalue weighted by molar-refractivity contribution is 6.29. The molecule has 2 aromatic heterocycles. The molecule has 13 aromatic rings. The quantitative estimate of drug-likeness (QED) is 0.131. The molecule has 2 heterocycles. The van der Waals surface area contributed by atoms with Gasteiger partial charge >= 0.3 is 0 Å². The SMILES string of the molecule is Cc1c(-c2cccc(C3CCCCC3)c2O)cccc1N(c1ccc(-c2ccccc2)cc1)c1c2ccccc2c(N(c2ccc(-c3ccccc3)cc2)c2cccc3c2oc2c(C4CCCCC4)cccc23)c2c1oc1ccccc12. The predicted molar refractivity (Wildman–Crippen MR) is 342 cm³/mol. The summed E-state index contributed by atoms with van der Waals surface area (Å²) in [5, 5.41) is 18.7. The Kier molecular flexibility index (Phi) is 12.7. The number of furan rings is 2. The lowest BCUT2D eigenvalue weighted by Crippen LogP contribution is -2.15. The van der Waals surface area contributed by atoms with Crippen molar-refractivity contribution in [2.45, 2.75) is 83.0 Å². The van der Waals surface area contributed by atoms with Crippen LogP contribution in [-0.2, 0) is 0 Å². The molecule has 82 heavy (non-hydrogen) atoms. The van der Waals surface area contributed by atoms with E-state index in [4.69, 9.17) is 8.83 Å². The summed E-state index contributed by atoms with van der Waals surface area (Å²) >= 11 is 0. The van der Waals surface area contributed by atoms with Crippen molar-refractivity contribution in [1.82, 2.24) is 0 Å². The Morgan fingerprint density at radius 3 is 1.46 bits per heavy atom. The van der Waals surface area contributed by atoms with Crippen LogP contribution in [0.3, 0.4) is 0 Å². The molecule has 2 fully saturated rings. The van der Waals surface area contributed by atoms with Gasteiger partial charge in [0.15, 0.2) is 11.2 Å². The zero-order valence-electron chi connectivity index (χ0n) is 46.3. The fourth-order valence-corrected chi connectivity index (χ4v) is 14.1. The molecule has 0 bridgehead atoms. The molecular weight excluding hydrogens is 1000 g/mol. The summed E-state index contributed by atoms with van der Waals surface area (Å²) in [4.78, 5) is 4.86. The van der Waals surface area contributed by atoms with Crippen LogP contribution in [0.25, 0.3) is 88.0 Å². The fraction of sp³-hybridized carbons (Fsp3) is 0.169. The molecule has 15 rings (SSSR count). The molecule has 0 spiro atoms. The van der Waals surface area contributed by atoms with E-state index in [1.54, 1.807) is 0 Å². The van der Waals surface area contributed by atoms with Gasteiger partial charge in [-0.1, -0.05) is 227 Å². The topological polar surface area (TPSA) is 53.0 Å². The maximum absolute atomic E-state index is 12.4. The number of phenolic OH excluding ortho intramolecular Hbond substituents is 1. The lowest BCUT2D eigenvalue weighted by molar-refractivity contribution is 0.415. The number of anilines is 6. The first-order chi connectivity index (χ1) is 40.6. The molecule has 0 radical (unpaired) electrons. The van der Waals surface area contributed by atoms with E-state index in [2.05, 4.69) is 247 Å². The summed E-state index contributed by atoms with van der Waals surface area (Å²) in [5.74, 6) is 1.21. The Hall–Kier alpha value is -9.32. The largest absolute Gasteiger partial charge is 0.507 e. The van der Waals surface area contributed by atoms with Gasteiger partial charge in [0.1, 0.15) is 16.9 Å². The highest BCUT2D eigenvalue weighted by Gasteiger charge is 2.32. The Morgan fingerprint density at radius 1 is 0.354 bits per heavy atom. The summed E-state index contributed by atoms with van der Waals surface area (Å²) in [6, 6.07) is 83.0. The first-order valence-electron chi connectivity index (χ1n) is 29.7. The molecule has 0 aliphatic heterocycles. The minimum Gasteiger partial charge on any atom is -0.507 e. The highest BCUT2D eigenvalue weighted by Crippen LogP contribution is 2.56. The van der Waals surface area contributed by atoms with Gasteiger partial charge in [-0.25, -0.2) is 0 Å². The molecule has 2 aliphatic carbocycles. The first-order valence-corrected chi connectivity index (χ1v) is 29.7. The van der Waals surface area contributed by atoms with Crippen molar-refractivity contribution in [3.8, 4) is 39.1 Å². The van der Waals surface area contributed by atoms with Crippen molar-refractivity contribution < 1.29 is 13.9 Å². The van der Waals surface area contributed by atoms with Gasteiger partial charge < -0.3 is 23.7 Å². The minimum atomic E-state index is 0.349. The van der Waals surface area contributed by atoms with E-state index in [0.717, 1.165) is 146 Å². The van der Waals surface area contributed by atoms with Crippen LogP contribution in [0.15, 0.2) is 239 Å². The summed E-state index contributed by atoms with van der Waals surface area (Å²) in [7, 11) is 0. The number of hydrogen-bond donors (Lipinski definition) is 1. The summed E-state index contributed by atoms with van der Waals surface area (Å²) in [5.41, 5.74) is 19.1. The van der Waals surface area contributed by atoms with Crippen molar-refractivity contribution in [1.29, 1.82) is 0 Å². The molecule has 5 nitrogen and oxygen atoms in total. The van der Waals surface area contributed by atoms with Crippen molar-refractivity contribution in [3.05, 3.63) is 247 Å². The standard InChI is InChI=1S/C77H64N2O3/c1-50-59(64-36-18-34-60(74(64)80)55-26-10-4-11-27-55)33-20-39-68(50)78(57-46-42-53(43-47-57)51-22-6-2-7-23-51)73-63-31-15-14-30-62(63)72(71-67-32-16-17-41-70(67)81-77(71)73)79(58-48-44-54(45-49-58)52-24-8-3-9-25-52)69-40-21-38-66-65-37-19-35-61(75(65)82-76(66)69)56-28-12-5-13-29-56/h2-3,6-9,14-25,30-49,55-56,80H,4-5,10-13,26-29H2,1H3. The average Bonchev–Trinajstić information content (AvgIpc) is 2.41. The van der Waals surface area contributed by atoms with Crippen molar-refractivity contribution in [3.63, 3.8) is 0 Å². The first kappa shape index (κ1) is 49.7. The molecule has 11 aromatic carbocycles. The lowest BCUT2D eigenvalue weighted by atomic mass is 9.82. The lowest BCUT2D eigenvalue weighted by Gasteiger charge is -2.32. The van der Waals surface area contributed by atoms with Gasteiger partial charge in [0.25, 0.3) is 0 Å². The second-order valence-corrected chi connectivity index (χ2v) is 22.9. The molecule has 2 saturated carbocycles. The number of hydrogen-bond acceptors (Lipinski definition) is 5. The second kappa shape index (κ2) is 21.0. The fourth-order valence-electron chi connectivity index (χ4n) is 14.1. The normalized spacial score (nSPS) is 14.4. The molecule has 2 aliphatic rings. The number of para-hydroxylation sites is 4. The number of phenols is 1. The van der Waals surface area contributed by atoms with E-state index in [1.165, 1.54) is 56.9 Å². The molecule has 5 heteroatoms. The number of aromatic hydroxyl groups is 1. The van der Waals surface area contributed by atoms with E-state index in [1.807, 2.05) is 0 Å². The van der Waals surface area contributed by atoms with E-state index in [0.29, 0.717) is 17.6 Å². The Balaban J connectivity index is 1.01. The monoisotopic (exact) mass is 1060 g/mol. The Morgan fingerprint density at radius 2 is 0.817 bits per heavy atom. The van der Waals surface area contributed by atoms with E-state index in [-0.39, 0.29) is 0 Å². The number of rotatable bonds is 11. The van der Waals surface area contributed by atoms with Crippen molar-refractivity contribution >= 4 is 88.8 Å². The maximum Gasteiger partial charge on any atom is 0.162 e. The van der Waals surface area contributed by atoms with Gasteiger partial charge in [0.2, 0.25) is 0 Å². The summed E-state index contributed by atoms with van der Waals surface area (Å²) in [6.07, 6.45) is 12.0.